The third kappa shape index (κ3) is 3.89. The van der Waals surface area contributed by atoms with E-state index in [-0.39, 0.29) is 0 Å². The molecule has 16 heavy (non-hydrogen) atoms. The number of nitrogens with one attached hydrogen (secondary N) is 1. The molecule has 0 aliphatic heterocycles. The predicted octanol–water partition coefficient (Wildman–Crippen LogP) is 2.53. The summed E-state index contributed by atoms with van der Waals surface area (Å²) in [6.45, 7) is 6.53. The molecule has 1 rings (SSSR count). The molecule has 3 heteroatoms. The zero-order valence-corrected chi connectivity index (χ0v) is 10.8. The maximum absolute atomic E-state index is 4.34. The van der Waals surface area contributed by atoms with Crippen LogP contribution in [0.1, 0.15) is 50.9 Å². The molecule has 1 aromatic heterocycles. The van der Waals surface area contributed by atoms with Crippen LogP contribution in [0.2, 0.25) is 0 Å². The average Bonchev–Trinajstić information content (AvgIpc) is 2.29. The molecule has 3 nitrogen and oxygen atoms in total. The topological polar surface area (TPSA) is 37.8 Å². The normalized spacial score (nSPS) is 13.1. The molecule has 90 valence electrons. The van der Waals surface area contributed by atoms with E-state index in [2.05, 4.69) is 42.1 Å². The maximum atomic E-state index is 4.34. The number of hydrogen-bond donors (Lipinski definition) is 1. The van der Waals surface area contributed by atoms with E-state index in [0.717, 1.165) is 17.8 Å². The van der Waals surface area contributed by atoms with E-state index < -0.39 is 0 Å². The zero-order valence-electron chi connectivity index (χ0n) is 10.8. The van der Waals surface area contributed by atoms with Crippen LogP contribution in [0.4, 0.5) is 0 Å². The molecule has 0 aliphatic carbocycles. The van der Waals surface area contributed by atoms with Crippen molar-refractivity contribution in [2.45, 2.75) is 52.0 Å². The van der Waals surface area contributed by atoms with Crippen molar-refractivity contribution >= 4 is 0 Å². The van der Waals surface area contributed by atoms with E-state index in [1.165, 1.54) is 12.8 Å². The summed E-state index contributed by atoms with van der Waals surface area (Å²) in [6.07, 6.45) is 5.07. The number of nitrogens with zero attached hydrogens (tertiary/aromatic N) is 2. The SMILES string of the molecule is CCCC(Cc1cc(C(C)C)ncn1)NC. The largest absolute Gasteiger partial charge is 0.317 e. The monoisotopic (exact) mass is 221 g/mol. The van der Waals surface area contributed by atoms with Gasteiger partial charge in [0, 0.05) is 23.9 Å². The van der Waals surface area contributed by atoms with Crippen LogP contribution in [0.3, 0.4) is 0 Å². The Kier molecular flexibility index (Phi) is 5.39. The van der Waals surface area contributed by atoms with E-state index in [1.807, 2.05) is 7.05 Å². The molecular formula is C13H23N3. The average molecular weight is 221 g/mol. The Hall–Kier alpha value is -0.960. The zero-order chi connectivity index (χ0) is 12.0. The molecule has 0 bridgehead atoms. The Morgan fingerprint density at radius 1 is 1.31 bits per heavy atom. The van der Waals surface area contributed by atoms with Gasteiger partial charge in [0.2, 0.25) is 0 Å². The lowest BCUT2D eigenvalue weighted by Crippen LogP contribution is -2.27. The van der Waals surface area contributed by atoms with Crippen molar-refractivity contribution in [3.05, 3.63) is 23.8 Å². The fourth-order valence-electron chi connectivity index (χ4n) is 1.79. The molecular weight excluding hydrogens is 198 g/mol. The van der Waals surface area contributed by atoms with E-state index in [4.69, 9.17) is 0 Å². The Morgan fingerprint density at radius 3 is 2.62 bits per heavy atom. The van der Waals surface area contributed by atoms with E-state index in [9.17, 15) is 0 Å². The van der Waals surface area contributed by atoms with Gasteiger partial charge in [0.25, 0.3) is 0 Å². The molecule has 0 amide bonds. The lowest BCUT2D eigenvalue weighted by atomic mass is 10.0. The summed E-state index contributed by atoms with van der Waals surface area (Å²) in [6, 6.07) is 2.66. The summed E-state index contributed by atoms with van der Waals surface area (Å²) >= 11 is 0. The van der Waals surface area contributed by atoms with Crippen LogP contribution in [0, 0.1) is 0 Å². The van der Waals surface area contributed by atoms with Crippen LogP contribution < -0.4 is 5.32 Å². The highest BCUT2D eigenvalue weighted by Crippen LogP contribution is 2.12. The molecule has 0 aromatic carbocycles. The van der Waals surface area contributed by atoms with Crippen molar-refractivity contribution in [1.82, 2.24) is 15.3 Å². The van der Waals surface area contributed by atoms with Gasteiger partial charge in [0.15, 0.2) is 0 Å². The highest BCUT2D eigenvalue weighted by Gasteiger charge is 2.09. The van der Waals surface area contributed by atoms with Gasteiger partial charge in [0.05, 0.1) is 0 Å². The number of aromatic nitrogens is 2. The van der Waals surface area contributed by atoms with Crippen molar-refractivity contribution in [2.75, 3.05) is 7.05 Å². The highest BCUT2D eigenvalue weighted by molar-refractivity contribution is 5.12. The number of likely N-dealkylation sites (N-methyl/N-ethyl adjacent to an activating group) is 1. The molecule has 0 aliphatic rings. The summed E-state index contributed by atoms with van der Waals surface area (Å²) in [4.78, 5) is 8.63. The summed E-state index contributed by atoms with van der Waals surface area (Å²) in [7, 11) is 2.02. The first kappa shape index (κ1) is 13.1. The van der Waals surface area contributed by atoms with E-state index in [0.29, 0.717) is 12.0 Å². The minimum Gasteiger partial charge on any atom is -0.317 e. The van der Waals surface area contributed by atoms with Crippen LogP contribution in [0.5, 0.6) is 0 Å². The first-order valence-electron chi connectivity index (χ1n) is 6.15. The molecule has 1 atom stereocenters. The van der Waals surface area contributed by atoms with Crippen LogP contribution in [-0.2, 0) is 6.42 Å². The maximum Gasteiger partial charge on any atom is 0.115 e. The van der Waals surface area contributed by atoms with Gasteiger partial charge in [-0.15, -0.1) is 0 Å². The fraction of sp³-hybridized carbons (Fsp3) is 0.692. The van der Waals surface area contributed by atoms with Crippen LogP contribution in [0.15, 0.2) is 12.4 Å². The van der Waals surface area contributed by atoms with E-state index >= 15 is 0 Å². The standard InChI is InChI=1S/C13H23N3/c1-5-6-11(14-4)7-12-8-13(10(2)3)16-9-15-12/h8-11,14H,5-7H2,1-4H3. The second-order valence-electron chi connectivity index (χ2n) is 4.57. The molecule has 0 spiro atoms. The smallest absolute Gasteiger partial charge is 0.115 e. The molecule has 0 radical (unpaired) electrons. The van der Waals surface area contributed by atoms with Gasteiger partial charge in [-0.2, -0.15) is 0 Å². The van der Waals surface area contributed by atoms with Gasteiger partial charge in [-0.1, -0.05) is 27.2 Å². The molecule has 1 unspecified atom stereocenters. The lowest BCUT2D eigenvalue weighted by Gasteiger charge is -2.15. The second-order valence-corrected chi connectivity index (χ2v) is 4.57. The summed E-state index contributed by atoms with van der Waals surface area (Å²) in [5.74, 6) is 0.473. The Balaban J connectivity index is 2.68. The summed E-state index contributed by atoms with van der Waals surface area (Å²) in [5.41, 5.74) is 2.28. The fourth-order valence-corrected chi connectivity index (χ4v) is 1.79. The number of hydrogen-bond acceptors (Lipinski definition) is 3. The Labute approximate surface area is 98.7 Å². The van der Waals surface area contributed by atoms with Crippen molar-refractivity contribution in [3.63, 3.8) is 0 Å². The van der Waals surface area contributed by atoms with Gasteiger partial charge < -0.3 is 5.32 Å². The predicted molar refractivity (Wildman–Crippen MR) is 67.6 cm³/mol. The van der Waals surface area contributed by atoms with Crippen molar-refractivity contribution < 1.29 is 0 Å². The van der Waals surface area contributed by atoms with Crippen LogP contribution in [-0.4, -0.2) is 23.1 Å². The first-order valence-corrected chi connectivity index (χ1v) is 6.15. The molecule has 1 heterocycles. The quantitative estimate of drug-likeness (QED) is 0.802. The summed E-state index contributed by atoms with van der Waals surface area (Å²) < 4.78 is 0. The molecule has 0 saturated heterocycles. The minimum absolute atomic E-state index is 0.473. The van der Waals surface area contributed by atoms with Gasteiger partial charge in [0.1, 0.15) is 6.33 Å². The van der Waals surface area contributed by atoms with Crippen molar-refractivity contribution in [1.29, 1.82) is 0 Å². The third-order valence-corrected chi connectivity index (χ3v) is 2.84. The van der Waals surface area contributed by atoms with Gasteiger partial charge in [-0.3, -0.25) is 0 Å². The lowest BCUT2D eigenvalue weighted by molar-refractivity contribution is 0.508. The van der Waals surface area contributed by atoms with Crippen LogP contribution in [0.25, 0.3) is 0 Å². The van der Waals surface area contributed by atoms with Crippen molar-refractivity contribution in [3.8, 4) is 0 Å². The third-order valence-electron chi connectivity index (χ3n) is 2.84. The molecule has 1 aromatic rings. The number of rotatable bonds is 6. The molecule has 0 fully saturated rings. The Morgan fingerprint density at radius 2 is 2.06 bits per heavy atom. The van der Waals surface area contributed by atoms with Gasteiger partial charge in [-0.25, -0.2) is 9.97 Å². The summed E-state index contributed by atoms with van der Waals surface area (Å²) in [5, 5.41) is 3.34. The highest BCUT2D eigenvalue weighted by atomic mass is 14.9. The van der Waals surface area contributed by atoms with Gasteiger partial charge in [-0.05, 0) is 25.5 Å². The van der Waals surface area contributed by atoms with Gasteiger partial charge >= 0.3 is 0 Å². The second kappa shape index (κ2) is 6.59. The molecule has 0 saturated carbocycles. The van der Waals surface area contributed by atoms with E-state index in [1.54, 1.807) is 6.33 Å². The van der Waals surface area contributed by atoms with Crippen LogP contribution >= 0.6 is 0 Å². The minimum atomic E-state index is 0.473. The molecule has 1 N–H and O–H groups in total. The Bertz CT molecular complexity index is 310. The first-order chi connectivity index (χ1) is 7.67. The van der Waals surface area contributed by atoms with Crippen molar-refractivity contribution in [2.24, 2.45) is 0 Å².